The fourth-order valence-corrected chi connectivity index (χ4v) is 2.49. The highest BCUT2D eigenvalue weighted by Gasteiger charge is 2.25. The van der Waals surface area contributed by atoms with Crippen LogP contribution in [0.2, 0.25) is 0 Å². The normalized spacial score (nSPS) is 13.8. The van der Waals surface area contributed by atoms with Crippen LogP contribution in [-0.2, 0) is 4.79 Å². The highest BCUT2D eigenvalue weighted by atomic mass is 16.4. The van der Waals surface area contributed by atoms with Crippen LogP contribution in [0, 0.1) is 20.8 Å². The van der Waals surface area contributed by atoms with Crippen LogP contribution in [0.1, 0.15) is 40.4 Å². The van der Waals surface area contributed by atoms with Crippen molar-refractivity contribution in [1.82, 2.24) is 5.32 Å². The van der Waals surface area contributed by atoms with Crippen molar-refractivity contribution < 1.29 is 19.8 Å². The molecule has 2 unspecified atom stereocenters. The minimum absolute atomic E-state index is 0.174. The summed E-state index contributed by atoms with van der Waals surface area (Å²) < 4.78 is 0. The number of nitrogens with one attached hydrogen (secondary N) is 1. The molecule has 0 radical (unpaired) electrons. The second kappa shape index (κ2) is 7.33. The zero-order valence-corrected chi connectivity index (χ0v) is 12.9. The number of carbonyl (C=O) groups excluding carboxylic acids is 1. The number of aliphatic carboxylic acids is 1. The number of aliphatic hydroxyl groups excluding tert-OH is 1. The highest BCUT2D eigenvalue weighted by Crippen LogP contribution is 2.19. The number of carbonyl (C=O) groups is 2. The van der Waals surface area contributed by atoms with Crippen molar-refractivity contribution in [3.63, 3.8) is 0 Å². The summed E-state index contributed by atoms with van der Waals surface area (Å²) in [6.07, 6.45) is -0.951. The van der Waals surface area contributed by atoms with E-state index in [2.05, 4.69) is 5.32 Å². The van der Waals surface area contributed by atoms with Crippen LogP contribution >= 0.6 is 0 Å². The van der Waals surface area contributed by atoms with E-state index in [9.17, 15) is 14.7 Å². The van der Waals surface area contributed by atoms with Gasteiger partial charge in [0.2, 0.25) is 0 Å². The van der Waals surface area contributed by atoms with Crippen molar-refractivity contribution in [2.75, 3.05) is 6.54 Å². The lowest BCUT2D eigenvalue weighted by molar-refractivity contribution is -0.137. The van der Waals surface area contributed by atoms with Crippen LogP contribution in [0.3, 0.4) is 0 Å². The summed E-state index contributed by atoms with van der Waals surface area (Å²) in [5.41, 5.74) is 3.30. The summed E-state index contributed by atoms with van der Waals surface area (Å²) in [6.45, 7) is 7.40. The van der Waals surface area contributed by atoms with Gasteiger partial charge < -0.3 is 15.5 Å². The Labute approximate surface area is 125 Å². The SMILES string of the molecule is Cc1cc(C)c(C(=O)C(CC(=O)O)NCC(C)O)c(C)c1. The molecule has 0 amide bonds. The highest BCUT2D eigenvalue weighted by molar-refractivity contribution is 6.04. The van der Waals surface area contributed by atoms with Crippen LogP contribution in [0.5, 0.6) is 0 Å². The smallest absolute Gasteiger partial charge is 0.305 e. The lowest BCUT2D eigenvalue weighted by Crippen LogP contribution is -2.42. The molecule has 0 aliphatic heterocycles. The van der Waals surface area contributed by atoms with Gasteiger partial charge in [-0.25, -0.2) is 0 Å². The van der Waals surface area contributed by atoms with Crippen molar-refractivity contribution in [2.45, 2.75) is 46.3 Å². The molecule has 21 heavy (non-hydrogen) atoms. The molecule has 2 atom stereocenters. The number of hydrogen-bond acceptors (Lipinski definition) is 4. The van der Waals surface area contributed by atoms with Crippen LogP contribution in [0.25, 0.3) is 0 Å². The first-order valence-electron chi connectivity index (χ1n) is 6.97. The topological polar surface area (TPSA) is 86.6 Å². The van der Waals surface area contributed by atoms with Gasteiger partial charge in [-0.1, -0.05) is 17.7 Å². The molecule has 0 fully saturated rings. The van der Waals surface area contributed by atoms with Gasteiger partial charge in [0.1, 0.15) is 0 Å². The summed E-state index contributed by atoms with van der Waals surface area (Å²) in [4.78, 5) is 23.6. The van der Waals surface area contributed by atoms with E-state index in [1.807, 2.05) is 32.9 Å². The molecule has 0 bridgehead atoms. The molecule has 0 aliphatic carbocycles. The summed E-state index contributed by atoms with van der Waals surface area (Å²) in [7, 11) is 0. The number of benzene rings is 1. The van der Waals surface area contributed by atoms with E-state index < -0.39 is 18.1 Å². The Hall–Kier alpha value is -1.72. The van der Waals surface area contributed by atoms with Crippen molar-refractivity contribution >= 4 is 11.8 Å². The van der Waals surface area contributed by atoms with Gasteiger partial charge >= 0.3 is 5.97 Å². The molecule has 1 aromatic carbocycles. The van der Waals surface area contributed by atoms with Crippen molar-refractivity contribution in [2.24, 2.45) is 0 Å². The largest absolute Gasteiger partial charge is 0.481 e. The standard InChI is InChI=1S/C16H23NO4/c1-9-5-10(2)15(11(3)6-9)16(21)13(7-14(19)20)17-8-12(4)18/h5-6,12-13,17-18H,7-8H2,1-4H3,(H,19,20). The van der Waals surface area contributed by atoms with Crippen LogP contribution in [0.15, 0.2) is 12.1 Å². The maximum Gasteiger partial charge on any atom is 0.305 e. The molecule has 1 aromatic rings. The maximum atomic E-state index is 12.6. The number of aliphatic hydroxyl groups is 1. The predicted octanol–water partition coefficient (Wildman–Crippen LogP) is 1.61. The van der Waals surface area contributed by atoms with E-state index in [1.54, 1.807) is 6.92 Å². The third kappa shape index (κ3) is 4.95. The molecule has 0 spiro atoms. The van der Waals surface area contributed by atoms with Crippen molar-refractivity contribution in [3.8, 4) is 0 Å². The fraction of sp³-hybridized carbons (Fsp3) is 0.500. The molecule has 0 saturated heterocycles. The van der Waals surface area contributed by atoms with E-state index in [0.717, 1.165) is 16.7 Å². The average Bonchev–Trinajstić information content (AvgIpc) is 2.32. The van der Waals surface area contributed by atoms with E-state index in [4.69, 9.17) is 5.11 Å². The zero-order chi connectivity index (χ0) is 16.2. The first-order valence-corrected chi connectivity index (χ1v) is 6.97. The van der Waals surface area contributed by atoms with Gasteiger partial charge in [-0.05, 0) is 38.8 Å². The minimum atomic E-state index is -1.05. The number of hydrogen-bond donors (Lipinski definition) is 3. The van der Waals surface area contributed by atoms with Crippen molar-refractivity contribution in [3.05, 3.63) is 34.4 Å². The molecule has 3 N–H and O–H groups in total. The Morgan fingerprint density at radius 1 is 1.19 bits per heavy atom. The zero-order valence-electron chi connectivity index (χ0n) is 12.9. The van der Waals surface area contributed by atoms with Gasteiger partial charge in [0.25, 0.3) is 0 Å². The number of carboxylic acids is 1. The molecule has 5 heteroatoms. The number of Topliss-reactive ketones (excluding diaryl/α,β-unsaturated/α-hetero) is 1. The average molecular weight is 293 g/mol. The lowest BCUT2D eigenvalue weighted by atomic mass is 9.92. The summed E-state index contributed by atoms with van der Waals surface area (Å²) in [6, 6.07) is 2.98. The molecule has 1 rings (SSSR count). The number of aryl methyl sites for hydroxylation is 3. The Bertz CT molecular complexity index is 514. The van der Waals surface area contributed by atoms with Crippen molar-refractivity contribution in [1.29, 1.82) is 0 Å². The monoisotopic (exact) mass is 293 g/mol. The summed E-state index contributed by atoms with van der Waals surface area (Å²) in [5.74, 6) is -1.29. The van der Waals surface area contributed by atoms with Gasteiger partial charge in [-0.2, -0.15) is 0 Å². The van der Waals surface area contributed by atoms with E-state index >= 15 is 0 Å². The lowest BCUT2D eigenvalue weighted by Gasteiger charge is -2.19. The van der Waals surface area contributed by atoms with Gasteiger partial charge in [0.05, 0.1) is 18.6 Å². The molecule has 116 valence electrons. The Balaban J connectivity index is 3.07. The van der Waals surface area contributed by atoms with E-state index in [0.29, 0.717) is 5.56 Å². The molecule has 0 heterocycles. The predicted molar refractivity (Wildman–Crippen MR) is 80.7 cm³/mol. The van der Waals surface area contributed by atoms with Crippen LogP contribution in [-0.4, -0.2) is 40.7 Å². The van der Waals surface area contributed by atoms with E-state index in [-0.39, 0.29) is 18.7 Å². The first kappa shape index (κ1) is 17.3. The Kier molecular flexibility index (Phi) is 6.05. The number of carboxylic acid groups (broad SMARTS) is 1. The summed E-state index contributed by atoms with van der Waals surface area (Å²) >= 11 is 0. The third-order valence-electron chi connectivity index (χ3n) is 3.28. The fourth-order valence-electron chi connectivity index (χ4n) is 2.49. The molecule has 0 aliphatic rings. The minimum Gasteiger partial charge on any atom is -0.481 e. The molecule has 0 saturated carbocycles. The molecule has 0 aromatic heterocycles. The number of ketones is 1. The summed E-state index contributed by atoms with van der Waals surface area (Å²) in [5, 5.41) is 21.1. The van der Waals surface area contributed by atoms with Gasteiger partial charge in [-0.15, -0.1) is 0 Å². The Morgan fingerprint density at radius 2 is 1.71 bits per heavy atom. The maximum absolute atomic E-state index is 12.6. The van der Waals surface area contributed by atoms with Gasteiger partial charge in [-0.3, -0.25) is 9.59 Å². The Morgan fingerprint density at radius 3 is 2.14 bits per heavy atom. The van der Waals surface area contributed by atoms with Crippen LogP contribution in [0.4, 0.5) is 0 Å². The van der Waals surface area contributed by atoms with Crippen LogP contribution < -0.4 is 5.32 Å². The van der Waals surface area contributed by atoms with E-state index in [1.165, 1.54) is 0 Å². The first-order chi connectivity index (χ1) is 9.72. The molecular formula is C16H23NO4. The third-order valence-corrected chi connectivity index (χ3v) is 3.28. The van der Waals surface area contributed by atoms with Gasteiger partial charge in [0.15, 0.2) is 5.78 Å². The number of rotatable bonds is 7. The molecule has 5 nitrogen and oxygen atoms in total. The molecular weight excluding hydrogens is 270 g/mol. The quantitative estimate of drug-likeness (QED) is 0.665. The second-order valence-electron chi connectivity index (χ2n) is 5.55. The van der Waals surface area contributed by atoms with Gasteiger partial charge in [0, 0.05) is 12.1 Å². The second-order valence-corrected chi connectivity index (χ2v) is 5.55.